The molecule has 1 N–H and O–H groups in total. The van der Waals surface area contributed by atoms with Crippen LogP contribution in [-0.4, -0.2) is 62.9 Å². The fraction of sp³-hybridized carbons (Fsp3) is 0.938. The van der Waals surface area contributed by atoms with Crippen molar-refractivity contribution in [1.82, 2.24) is 10.2 Å². The van der Waals surface area contributed by atoms with Crippen LogP contribution in [-0.2, 0) is 14.3 Å². The van der Waals surface area contributed by atoms with Gasteiger partial charge in [-0.15, -0.1) is 0 Å². The Hall–Kier alpha value is -0.650. The maximum Gasteiger partial charge on any atom is 0.236 e. The maximum absolute atomic E-state index is 12.5. The first kappa shape index (κ1) is 18.4. The summed E-state index contributed by atoms with van der Waals surface area (Å²) >= 11 is 0. The van der Waals surface area contributed by atoms with Crippen molar-refractivity contribution < 1.29 is 14.3 Å². The Morgan fingerprint density at radius 2 is 2.10 bits per heavy atom. The van der Waals surface area contributed by atoms with Crippen LogP contribution < -0.4 is 5.32 Å². The number of hydrogen-bond acceptors (Lipinski definition) is 4. The van der Waals surface area contributed by atoms with E-state index in [0.717, 1.165) is 26.0 Å². The lowest BCUT2D eigenvalue weighted by atomic mass is 9.63. The predicted octanol–water partition coefficient (Wildman–Crippen LogP) is 1.66. The highest BCUT2D eigenvalue weighted by Crippen LogP contribution is 2.45. The van der Waals surface area contributed by atoms with E-state index in [2.05, 4.69) is 26.1 Å². The Morgan fingerprint density at radius 1 is 1.38 bits per heavy atom. The van der Waals surface area contributed by atoms with E-state index in [9.17, 15) is 4.79 Å². The minimum absolute atomic E-state index is 0.0351. The van der Waals surface area contributed by atoms with E-state index in [4.69, 9.17) is 9.47 Å². The van der Waals surface area contributed by atoms with E-state index in [1.54, 1.807) is 7.11 Å². The summed E-state index contributed by atoms with van der Waals surface area (Å²) in [6, 6.07) is 0.283. The Balaban J connectivity index is 2.55. The van der Waals surface area contributed by atoms with Gasteiger partial charge in [0.2, 0.25) is 5.91 Å². The van der Waals surface area contributed by atoms with Gasteiger partial charge in [-0.2, -0.15) is 0 Å². The zero-order chi connectivity index (χ0) is 15.9. The molecule has 0 aromatic rings. The lowest BCUT2D eigenvalue weighted by Crippen LogP contribution is -2.64. The topological polar surface area (TPSA) is 50.8 Å². The first-order chi connectivity index (χ1) is 9.98. The molecule has 0 aliphatic heterocycles. The first-order valence-corrected chi connectivity index (χ1v) is 8.09. The summed E-state index contributed by atoms with van der Waals surface area (Å²) in [5.74, 6) is 0.181. The fourth-order valence-corrected chi connectivity index (χ4v) is 3.04. The molecule has 124 valence electrons. The van der Waals surface area contributed by atoms with Gasteiger partial charge < -0.3 is 19.7 Å². The highest BCUT2D eigenvalue weighted by molar-refractivity contribution is 5.78. The average Bonchev–Trinajstić information content (AvgIpc) is 2.45. The van der Waals surface area contributed by atoms with E-state index in [-0.39, 0.29) is 23.5 Å². The van der Waals surface area contributed by atoms with Gasteiger partial charge in [-0.25, -0.2) is 0 Å². The summed E-state index contributed by atoms with van der Waals surface area (Å²) in [7, 11) is 1.66. The van der Waals surface area contributed by atoms with Crippen LogP contribution in [0, 0.1) is 5.41 Å². The number of methoxy groups -OCH3 is 1. The number of carbonyl (C=O) groups excluding carboxylic acids is 1. The second-order valence-corrected chi connectivity index (χ2v) is 6.27. The summed E-state index contributed by atoms with van der Waals surface area (Å²) in [5, 5.41) is 3.14. The molecule has 1 aliphatic carbocycles. The molecule has 5 nitrogen and oxygen atoms in total. The van der Waals surface area contributed by atoms with Crippen molar-refractivity contribution in [3.8, 4) is 0 Å². The summed E-state index contributed by atoms with van der Waals surface area (Å²) < 4.78 is 10.8. The summed E-state index contributed by atoms with van der Waals surface area (Å²) in [4.78, 5) is 14.5. The highest BCUT2D eigenvalue weighted by Gasteiger charge is 2.52. The van der Waals surface area contributed by atoms with Gasteiger partial charge in [-0.05, 0) is 19.8 Å². The van der Waals surface area contributed by atoms with Gasteiger partial charge >= 0.3 is 0 Å². The third kappa shape index (κ3) is 4.66. The molecular weight excluding hydrogens is 268 g/mol. The number of ether oxygens (including phenoxy) is 2. The molecule has 5 heteroatoms. The third-order valence-corrected chi connectivity index (χ3v) is 4.41. The minimum atomic E-state index is 0.0351. The Kier molecular flexibility index (Phi) is 7.63. The third-order valence-electron chi connectivity index (χ3n) is 4.41. The zero-order valence-corrected chi connectivity index (χ0v) is 14.3. The Labute approximate surface area is 129 Å². The van der Waals surface area contributed by atoms with Crippen molar-refractivity contribution in [2.75, 3.05) is 40.0 Å². The SMILES string of the molecule is CCCN(C(=O)CNCCOC)C1CC(OCC)C1(C)C. The summed E-state index contributed by atoms with van der Waals surface area (Å²) in [5.41, 5.74) is 0.0351. The Morgan fingerprint density at radius 3 is 2.62 bits per heavy atom. The van der Waals surface area contributed by atoms with Crippen molar-refractivity contribution in [3.05, 3.63) is 0 Å². The number of carbonyl (C=O) groups is 1. The minimum Gasteiger partial charge on any atom is -0.383 e. The van der Waals surface area contributed by atoms with Crippen molar-refractivity contribution in [1.29, 1.82) is 0 Å². The molecule has 0 spiro atoms. The van der Waals surface area contributed by atoms with Crippen LogP contribution >= 0.6 is 0 Å². The molecule has 0 radical (unpaired) electrons. The molecule has 1 amide bonds. The van der Waals surface area contributed by atoms with Gasteiger partial charge in [0, 0.05) is 38.3 Å². The highest BCUT2D eigenvalue weighted by atomic mass is 16.5. The molecule has 0 aromatic heterocycles. The van der Waals surface area contributed by atoms with Gasteiger partial charge in [0.1, 0.15) is 0 Å². The molecule has 0 aromatic carbocycles. The largest absolute Gasteiger partial charge is 0.383 e. The van der Waals surface area contributed by atoms with Gasteiger partial charge in [0.15, 0.2) is 0 Å². The normalized spacial score (nSPS) is 23.7. The van der Waals surface area contributed by atoms with E-state index in [1.165, 1.54) is 0 Å². The van der Waals surface area contributed by atoms with Crippen LogP contribution in [0.15, 0.2) is 0 Å². The van der Waals surface area contributed by atoms with Crippen LogP contribution in [0.25, 0.3) is 0 Å². The molecule has 1 rings (SSSR count). The number of nitrogens with one attached hydrogen (secondary N) is 1. The van der Waals surface area contributed by atoms with Gasteiger partial charge in [0.25, 0.3) is 0 Å². The van der Waals surface area contributed by atoms with Crippen molar-refractivity contribution in [3.63, 3.8) is 0 Å². The zero-order valence-electron chi connectivity index (χ0n) is 14.3. The lowest BCUT2D eigenvalue weighted by Gasteiger charge is -2.55. The molecule has 2 unspecified atom stereocenters. The van der Waals surface area contributed by atoms with Gasteiger partial charge in [-0.1, -0.05) is 20.8 Å². The first-order valence-electron chi connectivity index (χ1n) is 8.09. The second-order valence-electron chi connectivity index (χ2n) is 6.27. The number of rotatable bonds is 10. The number of hydrogen-bond donors (Lipinski definition) is 1. The molecule has 1 fully saturated rings. The molecule has 1 aliphatic rings. The molecule has 0 heterocycles. The van der Waals surface area contributed by atoms with Crippen molar-refractivity contribution in [2.45, 2.75) is 52.7 Å². The predicted molar refractivity (Wildman–Crippen MR) is 84.3 cm³/mol. The van der Waals surface area contributed by atoms with Crippen LogP contribution in [0.4, 0.5) is 0 Å². The average molecular weight is 300 g/mol. The molecule has 1 saturated carbocycles. The smallest absolute Gasteiger partial charge is 0.236 e. The standard InChI is InChI=1S/C16H32N2O3/c1-6-9-18(15(19)12-17-8-10-20-5)13-11-14(21-7-2)16(13,3)4/h13-14,17H,6-12H2,1-5H3. The monoisotopic (exact) mass is 300 g/mol. The van der Waals surface area contributed by atoms with E-state index < -0.39 is 0 Å². The second kappa shape index (κ2) is 8.71. The Bertz CT molecular complexity index is 321. The molecule has 0 bridgehead atoms. The van der Waals surface area contributed by atoms with Crippen LogP contribution in [0.3, 0.4) is 0 Å². The van der Waals surface area contributed by atoms with Crippen molar-refractivity contribution in [2.24, 2.45) is 5.41 Å². The number of nitrogens with zero attached hydrogens (tertiary/aromatic N) is 1. The van der Waals surface area contributed by atoms with Gasteiger partial charge in [0.05, 0.1) is 19.3 Å². The molecule has 0 saturated heterocycles. The summed E-state index contributed by atoms with van der Waals surface area (Å²) in [6.07, 6.45) is 2.20. The van der Waals surface area contributed by atoms with Gasteiger partial charge in [-0.3, -0.25) is 4.79 Å². The van der Waals surface area contributed by atoms with E-state index in [1.807, 2.05) is 11.8 Å². The number of amides is 1. The van der Waals surface area contributed by atoms with E-state index in [0.29, 0.717) is 19.7 Å². The van der Waals surface area contributed by atoms with Crippen LogP contribution in [0.2, 0.25) is 0 Å². The summed E-state index contributed by atoms with van der Waals surface area (Å²) in [6.45, 7) is 11.8. The van der Waals surface area contributed by atoms with Crippen LogP contribution in [0.1, 0.15) is 40.5 Å². The van der Waals surface area contributed by atoms with Crippen molar-refractivity contribution >= 4 is 5.91 Å². The molecular formula is C16H32N2O3. The quantitative estimate of drug-likeness (QED) is 0.624. The fourth-order valence-electron chi connectivity index (χ4n) is 3.04. The molecule has 2 atom stereocenters. The maximum atomic E-state index is 12.5. The lowest BCUT2D eigenvalue weighted by molar-refractivity contribution is -0.166. The molecule has 21 heavy (non-hydrogen) atoms. The van der Waals surface area contributed by atoms with E-state index >= 15 is 0 Å². The van der Waals surface area contributed by atoms with Crippen LogP contribution in [0.5, 0.6) is 0 Å².